The molecule has 1 aliphatic rings. The maximum Gasteiger partial charge on any atom is 0.0572 e. The molecule has 1 fully saturated rings. The highest BCUT2D eigenvalue weighted by atomic mass is 15.3. The summed E-state index contributed by atoms with van der Waals surface area (Å²) >= 11 is 0. The standard InChI is InChI=1S/C14H25N9/c1-10(2)9(18-21-15)11(3,4)14(8,20-23-17)12(5,6)13(10,7)19-22-16/h9H,1-8H3. The lowest BCUT2D eigenvalue weighted by atomic mass is 9.38. The monoisotopic (exact) mass is 319 g/mol. The highest BCUT2D eigenvalue weighted by Crippen LogP contribution is 2.68. The molecule has 0 aromatic heterocycles. The number of azide groups is 3. The van der Waals surface area contributed by atoms with Crippen molar-refractivity contribution >= 4 is 0 Å². The summed E-state index contributed by atoms with van der Waals surface area (Å²) in [6, 6.07) is -0.529. The topological polar surface area (TPSA) is 146 Å². The van der Waals surface area contributed by atoms with Crippen molar-refractivity contribution in [3.63, 3.8) is 0 Å². The van der Waals surface area contributed by atoms with Crippen molar-refractivity contribution in [3.05, 3.63) is 31.3 Å². The minimum Gasteiger partial charge on any atom is -0.0895 e. The molecule has 0 amide bonds. The molecule has 1 aliphatic carbocycles. The van der Waals surface area contributed by atoms with E-state index in [9.17, 15) is 0 Å². The maximum absolute atomic E-state index is 9.15. The van der Waals surface area contributed by atoms with Crippen LogP contribution in [0.25, 0.3) is 31.3 Å². The molecule has 0 N–H and O–H groups in total. The molecule has 9 nitrogen and oxygen atoms in total. The first-order valence-corrected chi connectivity index (χ1v) is 7.48. The Hall–Kier alpha value is -2.07. The SMILES string of the molecule is CC1(C)C(N=[N+]=[N-])C(C)(C)C(C)(N=[N+]=[N-])C(C)(C)C1(C)N=[N+]=[N-]. The predicted octanol–water partition coefficient (Wildman–Crippen LogP) is 5.90. The smallest absolute Gasteiger partial charge is 0.0572 e. The fraction of sp³-hybridized carbons (Fsp3) is 1.00. The van der Waals surface area contributed by atoms with Crippen molar-refractivity contribution in [2.24, 2.45) is 31.6 Å². The average Bonchev–Trinajstić information content (AvgIpc) is 2.42. The quantitative estimate of drug-likeness (QED) is 0.346. The van der Waals surface area contributed by atoms with E-state index in [2.05, 4.69) is 30.1 Å². The van der Waals surface area contributed by atoms with Crippen LogP contribution in [0.15, 0.2) is 15.3 Å². The lowest BCUT2D eigenvalue weighted by molar-refractivity contribution is -0.143. The van der Waals surface area contributed by atoms with Gasteiger partial charge in [0.2, 0.25) is 0 Å². The summed E-state index contributed by atoms with van der Waals surface area (Å²) in [4.78, 5) is 9.10. The number of hydrogen-bond donors (Lipinski definition) is 0. The fourth-order valence-electron chi connectivity index (χ4n) is 4.55. The van der Waals surface area contributed by atoms with E-state index in [4.69, 9.17) is 16.6 Å². The molecular formula is C14H25N9. The van der Waals surface area contributed by atoms with Crippen LogP contribution in [0.3, 0.4) is 0 Å². The Balaban J connectivity index is 4.02. The first-order valence-electron chi connectivity index (χ1n) is 7.48. The van der Waals surface area contributed by atoms with Gasteiger partial charge >= 0.3 is 0 Å². The van der Waals surface area contributed by atoms with Crippen LogP contribution in [0, 0.1) is 16.2 Å². The van der Waals surface area contributed by atoms with Gasteiger partial charge in [0.25, 0.3) is 0 Å². The van der Waals surface area contributed by atoms with E-state index in [1.54, 1.807) is 0 Å². The summed E-state index contributed by atoms with van der Waals surface area (Å²) < 4.78 is 0. The molecule has 2 unspecified atom stereocenters. The van der Waals surface area contributed by atoms with Crippen LogP contribution in [0.5, 0.6) is 0 Å². The fourth-order valence-corrected chi connectivity index (χ4v) is 4.55. The van der Waals surface area contributed by atoms with Crippen molar-refractivity contribution in [2.75, 3.05) is 0 Å². The van der Waals surface area contributed by atoms with Crippen LogP contribution in [0.2, 0.25) is 0 Å². The van der Waals surface area contributed by atoms with Crippen molar-refractivity contribution in [1.82, 2.24) is 0 Å². The molecule has 1 rings (SSSR count). The molecule has 0 aromatic rings. The third kappa shape index (κ3) is 1.98. The van der Waals surface area contributed by atoms with Crippen LogP contribution in [-0.4, -0.2) is 17.1 Å². The van der Waals surface area contributed by atoms with Gasteiger partial charge in [-0.3, -0.25) is 0 Å². The van der Waals surface area contributed by atoms with Crippen LogP contribution in [0.1, 0.15) is 55.4 Å². The number of nitrogens with zero attached hydrogens (tertiary/aromatic N) is 9. The van der Waals surface area contributed by atoms with Gasteiger partial charge in [0.1, 0.15) is 0 Å². The van der Waals surface area contributed by atoms with Gasteiger partial charge in [-0.2, -0.15) is 0 Å². The van der Waals surface area contributed by atoms with Gasteiger partial charge in [0.15, 0.2) is 0 Å². The largest absolute Gasteiger partial charge is 0.0895 e. The molecule has 0 bridgehead atoms. The van der Waals surface area contributed by atoms with Crippen LogP contribution < -0.4 is 0 Å². The molecular weight excluding hydrogens is 294 g/mol. The average molecular weight is 319 g/mol. The highest BCUT2D eigenvalue weighted by Gasteiger charge is 2.72. The molecule has 0 aliphatic heterocycles. The van der Waals surface area contributed by atoms with Crippen LogP contribution in [-0.2, 0) is 0 Å². The molecule has 0 spiro atoms. The van der Waals surface area contributed by atoms with Crippen molar-refractivity contribution in [1.29, 1.82) is 0 Å². The van der Waals surface area contributed by atoms with Gasteiger partial charge in [-0.25, -0.2) is 0 Å². The van der Waals surface area contributed by atoms with Crippen LogP contribution in [0.4, 0.5) is 0 Å². The Morgan fingerprint density at radius 2 is 1.00 bits per heavy atom. The maximum atomic E-state index is 9.15. The molecule has 0 saturated heterocycles. The highest BCUT2D eigenvalue weighted by molar-refractivity contribution is 5.28. The lowest BCUT2D eigenvalue weighted by Gasteiger charge is -2.70. The van der Waals surface area contributed by atoms with E-state index in [1.807, 2.05) is 55.4 Å². The minimum atomic E-state index is -0.938. The first kappa shape index (κ1) is 19.0. The van der Waals surface area contributed by atoms with Gasteiger partial charge in [-0.05, 0) is 32.8 Å². The van der Waals surface area contributed by atoms with Crippen molar-refractivity contribution < 1.29 is 0 Å². The zero-order valence-electron chi connectivity index (χ0n) is 15.1. The van der Waals surface area contributed by atoms with E-state index >= 15 is 0 Å². The van der Waals surface area contributed by atoms with Gasteiger partial charge in [-0.1, -0.05) is 70.7 Å². The normalized spacial score (nSPS) is 36.8. The van der Waals surface area contributed by atoms with E-state index in [0.29, 0.717) is 0 Å². The summed E-state index contributed by atoms with van der Waals surface area (Å²) in [6.45, 7) is 15.3. The summed E-state index contributed by atoms with van der Waals surface area (Å²) in [5.41, 5.74) is 23.5. The van der Waals surface area contributed by atoms with Gasteiger partial charge < -0.3 is 0 Å². The third-order valence-electron chi connectivity index (χ3n) is 6.97. The second-order valence-corrected chi connectivity index (χ2v) is 8.20. The predicted molar refractivity (Wildman–Crippen MR) is 89.4 cm³/mol. The molecule has 9 heteroatoms. The number of hydrogen-bond acceptors (Lipinski definition) is 3. The Kier molecular flexibility index (Phi) is 4.32. The van der Waals surface area contributed by atoms with E-state index in [1.165, 1.54) is 0 Å². The third-order valence-corrected chi connectivity index (χ3v) is 6.97. The summed E-state index contributed by atoms with van der Waals surface area (Å²) in [7, 11) is 0. The molecule has 0 radical (unpaired) electrons. The second-order valence-electron chi connectivity index (χ2n) is 8.20. The van der Waals surface area contributed by atoms with E-state index in [-0.39, 0.29) is 0 Å². The van der Waals surface area contributed by atoms with Crippen molar-refractivity contribution in [3.8, 4) is 0 Å². The first-order chi connectivity index (χ1) is 10.3. The number of rotatable bonds is 3. The Morgan fingerprint density at radius 1 is 0.652 bits per heavy atom. The van der Waals surface area contributed by atoms with Gasteiger partial charge in [0.05, 0.1) is 11.1 Å². The molecule has 23 heavy (non-hydrogen) atoms. The van der Waals surface area contributed by atoms with Crippen molar-refractivity contribution in [2.45, 2.75) is 72.5 Å². The molecule has 1 saturated carbocycles. The molecule has 126 valence electrons. The minimum absolute atomic E-state index is 0.529. The Labute approximate surface area is 136 Å². The summed E-state index contributed by atoms with van der Waals surface area (Å²) in [5, 5.41) is 12.2. The van der Waals surface area contributed by atoms with Crippen LogP contribution >= 0.6 is 0 Å². The zero-order chi connectivity index (χ0) is 18.3. The Bertz CT molecular complexity index is 599. The Morgan fingerprint density at radius 3 is 1.26 bits per heavy atom. The van der Waals surface area contributed by atoms with Gasteiger partial charge in [0, 0.05) is 20.8 Å². The lowest BCUT2D eigenvalue weighted by Crippen LogP contribution is -2.75. The second kappa shape index (κ2) is 5.24. The molecule has 0 aromatic carbocycles. The zero-order valence-corrected chi connectivity index (χ0v) is 15.1. The van der Waals surface area contributed by atoms with E-state index < -0.39 is 33.4 Å². The summed E-state index contributed by atoms with van der Waals surface area (Å²) in [6.07, 6.45) is 0. The molecule has 2 atom stereocenters. The summed E-state index contributed by atoms with van der Waals surface area (Å²) in [5.74, 6) is 0. The van der Waals surface area contributed by atoms with E-state index in [0.717, 1.165) is 0 Å². The van der Waals surface area contributed by atoms with Gasteiger partial charge in [-0.15, -0.1) is 0 Å². The molecule has 0 heterocycles.